The van der Waals surface area contributed by atoms with Crippen LogP contribution in [0.2, 0.25) is 0 Å². The van der Waals surface area contributed by atoms with Crippen molar-refractivity contribution in [3.8, 4) is 0 Å². The number of hydrogen-bond acceptors (Lipinski definition) is 2. The van der Waals surface area contributed by atoms with Crippen LogP contribution < -0.4 is 0 Å². The van der Waals surface area contributed by atoms with Gasteiger partial charge in [0.05, 0.1) is 6.54 Å². The van der Waals surface area contributed by atoms with Gasteiger partial charge in [0.2, 0.25) is 5.91 Å². The summed E-state index contributed by atoms with van der Waals surface area (Å²) >= 11 is 5.16. The number of rotatable bonds is 4. The molecule has 0 saturated heterocycles. The molecule has 0 aromatic carbocycles. The van der Waals surface area contributed by atoms with Crippen LogP contribution in [-0.2, 0) is 11.3 Å². The van der Waals surface area contributed by atoms with Crippen LogP contribution in [0.5, 0.6) is 0 Å². The minimum atomic E-state index is 0.302. The van der Waals surface area contributed by atoms with Gasteiger partial charge in [0, 0.05) is 28.2 Å². The number of amides is 1. The standard InChI is InChI=1S/C15H22BrNOS/c1-17(10-14-9-13(16)11-19-14)15(18)8-12-6-4-2-3-5-7-12/h9,11-12H,2-8,10H2,1H3. The van der Waals surface area contributed by atoms with Gasteiger partial charge in [0.15, 0.2) is 0 Å². The third-order valence-electron chi connectivity index (χ3n) is 3.88. The van der Waals surface area contributed by atoms with Crippen LogP contribution in [0.25, 0.3) is 0 Å². The Morgan fingerprint density at radius 1 is 1.37 bits per heavy atom. The van der Waals surface area contributed by atoms with Gasteiger partial charge in [-0.1, -0.05) is 25.7 Å². The summed E-state index contributed by atoms with van der Waals surface area (Å²) in [6.07, 6.45) is 8.53. The smallest absolute Gasteiger partial charge is 0.222 e. The Kier molecular flexibility index (Phi) is 5.89. The highest BCUT2D eigenvalue weighted by Gasteiger charge is 2.18. The van der Waals surface area contributed by atoms with Crippen molar-refractivity contribution in [1.82, 2.24) is 4.90 Å². The van der Waals surface area contributed by atoms with Crippen molar-refractivity contribution in [2.75, 3.05) is 7.05 Å². The largest absolute Gasteiger partial charge is 0.341 e. The molecule has 1 fully saturated rings. The van der Waals surface area contributed by atoms with Crippen molar-refractivity contribution in [1.29, 1.82) is 0 Å². The summed E-state index contributed by atoms with van der Waals surface area (Å²) in [5.41, 5.74) is 0. The first-order chi connectivity index (χ1) is 9.15. The third-order valence-corrected chi connectivity index (χ3v) is 5.56. The molecular formula is C15H22BrNOS. The van der Waals surface area contributed by atoms with E-state index in [4.69, 9.17) is 0 Å². The Morgan fingerprint density at radius 2 is 2.05 bits per heavy atom. The van der Waals surface area contributed by atoms with Gasteiger partial charge in [-0.3, -0.25) is 4.79 Å². The number of hydrogen-bond donors (Lipinski definition) is 0. The minimum Gasteiger partial charge on any atom is -0.341 e. The molecule has 1 aromatic rings. The molecule has 0 N–H and O–H groups in total. The average Bonchev–Trinajstić information content (AvgIpc) is 2.64. The van der Waals surface area contributed by atoms with Crippen LogP contribution in [0.3, 0.4) is 0 Å². The predicted molar refractivity (Wildman–Crippen MR) is 84.3 cm³/mol. The molecule has 19 heavy (non-hydrogen) atoms. The molecule has 0 unspecified atom stereocenters. The zero-order valence-corrected chi connectivity index (χ0v) is 13.9. The number of nitrogens with zero attached hydrogens (tertiary/aromatic N) is 1. The molecule has 1 aliphatic rings. The third kappa shape index (κ3) is 4.92. The van der Waals surface area contributed by atoms with Gasteiger partial charge >= 0.3 is 0 Å². The van der Waals surface area contributed by atoms with Crippen molar-refractivity contribution < 1.29 is 4.79 Å². The van der Waals surface area contributed by atoms with Crippen LogP contribution in [0.15, 0.2) is 15.9 Å². The lowest BCUT2D eigenvalue weighted by molar-refractivity contribution is -0.131. The fourth-order valence-corrected chi connectivity index (χ4v) is 4.23. The first-order valence-electron chi connectivity index (χ1n) is 7.12. The SMILES string of the molecule is CN(Cc1cc(Br)cs1)C(=O)CC1CCCCCC1. The van der Waals surface area contributed by atoms with E-state index in [0.717, 1.165) is 17.4 Å². The molecule has 0 spiro atoms. The lowest BCUT2D eigenvalue weighted by Crippen LogP contribution is -2.27. The van der Waals surface area contributed by atoms with Crippen LogP contribution in [-0.4, -0.2) is 17.9 Å². The van der Waals surface area contributed by atoms with Crippen LogP contribution >= 0.6 is 27.3 Å². The lowest BCUT2D eigenvalue weighted by Gasteiger charge is -2.20. The second kappa shape index (κ2) is 7.44. The maximum absolute atomic E-state index is 12.3. The highest BCUT2D eigenvalue weighted by Crippen LogP contribution is 2.26. The fraction of sp³-hybridized carbons (Fsp3) is 0.667. The number of halogens is 1. The Bertz CT molecular complexity index is 410. The van der Waals surface area contributed by atoms with Crippen molar-refractivity contribution in [3.63, 3.8) is 0 Å². The lowest BCUT2D eigenvalue weighted by atomic mass is 9.96. The number of thiophene rings is 1. The number of carbonyl (C=O) groups is 1. The van der Waals surface area contributed by atoms with Crippen molar-refractivity contribution in [2.45, 2.75) is 51.5 Å². The zero-order valence-electron chi connectivity index (χ0n) is 11.5. The molecule has 0 aliphatic heterocycles. The molecule has 0 radical (unpaired) electrons. The summed E-state index contributed by atoms with van der Waals surface area (Å²) in [6, 6.07) is 2.10. The van der Waals surface area contributed by atoms with E-state index < -0.39 is 0 Å². The van der Waals surface area contributed by atoms with Crippen LogP contribution in [0.4, 0.5) is 0 Å². The van der Waals surface area contributed by atoms with E-state index in [0.29, 0.717) is 11.8 Å². The van der Waals surface area contributed by atoms with Crippen LogP contribution in [0.1, 0.15) is 49.8 Å². The first-order valence-corrected chi connectivity index (χ1v) is 8.79. The maximum atomic E-state index is 12.3. The summed E-state index contributed by atoms with van der Waals surface area (Å²) in [5.74, 6) is 0.920. The Labute approximate surface area is 128 Å². The quantitative estimate of drug-likeness (QED) is 0.717. The van der Waals surface area contributed by atoms with E-state index >= 15 is 0 Å². The molecule has 1 aliphatic carbocycles. The Morgan fingerprint density at radius 3 is 2.63 bits per heavy atom. The number of carbonyl (C=O) groups excluding carboxylic acids is 1. The maximum Gasteiger partial charge on any atom is 0.222 e. The molecule has 106 valence electrons. The summed E-state index contributed by atoms with van der Waals surface area (Å²) < 4.78 is 1.11. The molecule has 1 saturated carbocycles. The molecule has 4 heteroatoms. The van der Waals surface area contributed by atoms with Gasteiger partial charge in [0.25, 0.3) is 0 Å². The molecular weight excluding hydrogens is 322 g/mol. The van der Waals surface area contributed by atoms with E-state index in [1.165, 1.54) is 43.4 Å². The summed E-state index contributed by atoms with van der Waals surface area (Å²) in [6.45, 7) is 0.738. The van der Waals surface area contributed by atoms with Gasteiger partial charge < -0.3 is 4.90 Å². The first kappa shape index (κ1) is 15.0. The molecule has 1 heterocycles. The van der Waals surface area contributed by atoms with Gasteiger partial charge in [-0.05, 0) is 40.8 Å². The van der Waals surface area contributed by atoms with E-state index in [-0.39, 0.29) is 0 Å². The van der Waals surface area contributed by atoms with Gasteiger partial charge in [-0.15, -0.1) is 11.3 Å². The predicted octanol–water partition coefficient (Wildman–Crippen LogP) is 4.83. The van der Waals surface area contributed by atoms with Crippen molar-refractivity contribution in [2.24, 2.45) is 5.92 Å². The molecule has 2 nitrogen and oxygen atoms in total. The van der Waals surface area contributed by atoms with E-state index in [9.17, 15) is 4.79 Å². The monoisotopic (exact) mass is 343 g/mol. The second-order valence-corrected chi connectivity index (χ2v) is 7.45. The van der Waals surface area contributed by atoms with E-state index in [1.54, 1.807) is 11.3 Å². The average molecular weight is 344 g/mol. The molecule has 0 atom stereocenters. The highest BCUT2D eigenvalue weighted by molar-refractivity contribution is 9.10. The van der Waals surface area contributed by atoms with E-state index in [2.05, 4.69) is 27.4 Å². The molecule has 1 aromatic heterocycles. The second-order valence-electron chi connectivity index (χ2n) is 5.54. The zero-order chi connectivity index (χ0) is 13.7. The highest BCUT2D eigenvalue weighted by atomic mass is 79.9. The molecule has 2 rings (SSSR count). The Hall–Kier alpha value is -0.350. The van der Waals surface area contributed by atoms with Gasteiger partial charge in [-0.2, -0.15) is 0 Å². The van der Waals surface area contributed by atoms with Gasteiger partial charge in [-0.25, -0.2) is 0 Å². The van der Waals surface area contributed by atoms with Crippen molar-refractivity contribution >= 4 is 33.2 Å². The Balaban J connectivity index is 1.81. The summed E-state index contributed by atoms with van der Waals surface area (Å²) in [7, 11) is 1.92. The fourth-order valence-electron chi connectivity index (χ4n) is 2.73. The summed E-state index contributed by atoms with van der Waals surface area (Å²) in [4.78, 5) is 15.4. The van der Waals surface area contributed by atoms with Gasteiger partial charge in [0.1, 0.15) is 0 Å². The molecule has 1 amide bonds. The summed E-state index contributed by atoms with van der Waals surface area (Å²) in [5, 5.41) is 2.07. The topological polar surface area (TPSA) is 20.3 Å². The molecule has 0 bridgehead atoms. The van der Waals surface area contributed by atoms with Crippen molar-refractivity contribution in [3.05, 3.63) is 20.8 Å². The normalized spacial score (nSPS) is 17.2. The minimum absolute atomic E-state index is 0.302. The van der Waals surface area contributed by atoms with E-state index in [1.807, 2.05) is 11.9 Å². The van der Waals surface area contributed by atoms with Crippen LogP contribution in [0, 0.1) is 5.92 Å².